The Labute approximate surface area is 81.7 Å². The Bertz CT molecular complexity index is 135. The van der Waals surface area contributed by atoms with Crippen LogP contribution in [0.3, 0.4) is 0 Å². The van der Waals surface area contributed by atoms with Gasteiger partial charge in [0.1, 0.15) is 0 Å². The molecule has 0 aromatic carbocycles. The van der Waals surface area contributed by atoms with Crippen LogP contribution in [-0.2, 0) is 0 Å². The van der Waals surface area contributed by atoms with Crippen LogP contribution in [0.2, 0.25) is 0 Å². The van der Waals surface area contributed by atoms with Crippen LogP contribution in [0.15, 0.2) is 0 Å². The molecule has 2 heterocycles. The summed E-state index contributed by atoms with van der Waals surface area (Å²) in [5, 5.41) is 3.62. The molecule has 1 atom stereocenters. The van der Waals surface area contributed by atoms with Crippen molar-refractivity contribution in [2.75, 3.05) is 26.2 Å². The lowest BCUT2D eigenvalue weighted by Crippen LogP contribution is -2.36. The summed E-state index contributed by atoms with van der Waals surface area (Å²) in [5.41, 5.74) is 0. The van der Waals surface area contributed by atoms with Crippen LogP contribution in [-0.4, -0.2) is 37.1 Å². The molecule has 0 bridgehead atoms. The summed E-state index contributed by atoms with van der Waals surface area (Å²) in [4.78, 5) is 2.62. The molecule has 0 amide bonds. The van der Waals surface area contributed by atoms with Crippen LogP contribution >= 0.6 is 0 Å². The fourth-order valence-electron chi connectivity index (χ4n) is 2.52. The van der Waals surface area contributed by atoms with Gasteiger partial charge in [0.25, 0.3) is 0 Å². The van der Waals surface area contributed by atoms with E-state index in [0.29, 0.717) is 0 Å². The highest BCUT2D eigenvalue weighted by Crippen LogP contribution is 2.13. The molecule has 2 aliphatic heterocycles. The van der Waals surface area contributed by atoms with Gasteiger partial charge in [-0.25, -0.2) is 0 Å². The van der Waals surface area contributed by atoms with Crippen LogP contribution in [0.5, 0.6) is 0 Å². The molecule has 2 nitrogen and oxygen atoms in total. The van der Waals surface area contributed by atoms with E-state index in [1.165, 1.54) is 64.7 Å². The van der Waals surface area contributed by atoms with Crippen molar-refractivity contribution in [3.05, 3.63) is 0 Å². The Balaban J connectivity index is 1.60. The molecule has 1 N–H and O–H groups in total. The minimum atomic E-state index is 0.828. The number of likely N-dealkylation sites (tertiary alicyclic amines) is 1. The SMILES string of the molecule is C1CCC(CCN2CCCC2)NC1. The van der Waals surface area contributed by atoms with Crippen molar-refractivity contribution in [2.24, 2.45) is 0 Å². The minimum absolute atomic E-state index is 0.828. The van der Waals surface area contributed by atoms with Gasteiger partial charge in [-0.3, -0.25) is 0 Å². The molecule has 0 aromatic rings. The fourth-order valence-corrected chi connectivity index (χ4v) is 2.52. The quantitative estimate of drug-likeness (QED) is 0.713. The zero-order chi connectivity index (χ0) is 8.93. The van der Waals surface area contributed by atoms with Gasteiger partial charge < -0.3 is 10.2 Å². The topological polar surface area (TPSA) is 15.3 Å². The summed E-state index contributed by atoms with van der Waals surface area (Å²) < 4.78 is 0. The van der Waals surface area contributed by atoms with Crippen LogP contribution in [0.25, 0.3) is 0 Å². The normalized spacial score (nSPS) is 30.9. The molecule has 0 radical (unpaired) electrons. The van der Waals surface area contributed by atoms with E-state index in [0.717, 1.165) is 6.04 Å². The van der Waals surface area contributed by atoms with Gasteiger partial charge in [0.05, 0.1) is 0 Å². The Kier molecular flexibility index (Phi) is 3.62. The Morgan fingerprint density at radius 3 is 2.62 bits per heavy atom. The first-order chi connectivity index (χ1) is 6.45. The first-order valence-corrected chi connectivity index (χ1v) is 5.91. The molecular formula is C11H22N2. The molecule has 0 aromatic heterocycles. The zero-order valence-corrected chi connectivity index (χ0v) is 8.60. The summed E-state index contributed by atoms with van der Waals surface area (Å²) >= 11 is 0. The molecule has 13 heavy (non-hydrogen) atoms. The van der Waals surface area contributed by atoms with Crippen molar-refractivity contribution in [3.8, 4) is 0 Å². The van der Waals surface area contributed by atoms with Gasteiger partial charge in [0.2, 0.25) is 0 Å². The van der Waals surface area contributed by atoms with Crippen LogP contribution in [0.4, 0.5) is 0 Å². The molecule has 2 fully saturated rings. The molecule has 2 rings (SSSR count). The summed E-state index contributed by atoms with van der Waals surface area (Å²) in [5.74, 6) is 0. The Morgan fingerprint density at radius 2 is 1.92 bits per heavy atom. The first kappa shape index (κ1) is 9.47. The largest absolute Gasteiger partial charge is 0.314 e. The summed E-state index contributed by atoms with van der Waals surface area (Å²) in [6.07, 6.45) is 8.47. The Hall–Kier alpha value is -0.0800. The highest BCUT2D eigenvalue weighted by Gasteiger charge is 2.15. The van der Waals surface area contributed by atoms with Gasteiger partial charge in [0, 0.05) is 6.04 Å². The third kappa shape index (κ3) is 2.96. The number of hydrogen-bond acceptors (Lipinski definition) is 2. The standard InChI is InChI=1S/C11H22N2/c1-2-7-12-11(5-1)6-10-13-8-3-4-9-13/h11-12H,1-10H2. The van der Waals surface area contributed by atoms with Crippen molar-refractivity contribution in [1.29, 1.82) is 0 Å². The maximum Gasteiger partial charge on any atom is 0.00792 e. The van der Waals surface area contributed by atoms with E-state index >= 15 is 0 Å². The average Bonchev–Trinajstić information content (AvgIpc) is 2.69. The number of nitrogens with zero attached hydrogens (tertiary/aromatic N) is 1. The highest BCUT2D eigenvalue weighted by molar-refractivity contribution is 4.75. The number of hydrogen-bond donors (Lipinski definition) is 1. The van der Waals surface area contributed by atoms with Gasteiger partial charge in [-0.2, -0.15) is 0 Å². The second-order valence-corrected chi connectivity index (χ2v) is 4.48. The fraction of sp³-hybridized carbons (Fsp3) is 1.00. The van der Waals surface area contributed by atoms with E-state index in [9.17, 15) is 0 Å². The van der Waals surface area contributed by atoms with Crippen molar-refractivity contribution in [1.82, 2.24) is 10.2 Å². The first-order valence-electron chi connectivity index (χ1n) is 5.91. The molecule has 76 valence electrons. The smallest absolute Gasteiger partial charge is 0.00792 e. The lowest BCUT2D eigenvalue weighted by atomic mass is 10.0. The van der Waals surface area contributed by atoms with Crippen molar-refractivity contribution in [3.63, 3.8) is 0 Å². The van der Waals surface area contributed by atoms with Gasteiger partial charge in [-0.15, -0.1) is 0 Å². The molecule has 1 unspecified atom stereocenters. The molecular weight excluding hydrogens is 160 g/mol. The molecule has 2 saturated heterocycles. The summed E-state index contributed by atoms with van der Waals surface area (Å²) in [6, 6.07) is 0.828. The second kappa shape index (κ2) is 4.97. The lowest BCUT2D eigenvalue weighted by molar-refractivity contribution is 0.289. The van der Waals surface area contributed by atoms with Crippen LogP contribution < -0.4 is 5.32 Å². The second-order valence-electron chi connectivity index (χ2n) is 4.48. The van der Waals surface area contributed by atoms with Crippen molar-refractivity contribution in [2.45, 2.75) is 44.6 Å². The number of piperidine rings is 1. The van der Waals surface area contributed by atoms with Crippen molar-refractivity contribution >= 4 is 0 Å². The predicted octanol–water partition coefficient (Wildman–Crippen LogP) is 1.61. The van der Waals surface area contributed by atoms with Gasteiger partial charge in [0.15, 0.2) is 0 Å². The van der Waals surface area contributed by atoms with Gasteiger partial charge >= 0.3 is 0 Å². The monoisotopic (exact) mass is 182 g/mol. The third-order valence-corrected chi connectivity index (χ3v) is 3.40. The molecule has 2 aliphatic rings. The lowest BCUT2D eigenvalue weighted by Gasteiger charge is -2.25. The summed E-state index contributed by atoms with van der Waals surface area (Å²) in [7, 11) is 0. The van der Waals surface area contributed by atoms with Gasteiger partial charge in [-0.05, 0) is 58.3 Å². The number of nitrogens with one attached hydrogen (secondary N) is 1. The zero-order valence-electron chi connectivity index (χ0n) is 8.60. The molecule has 0 saturated carbocycles. The van der Waals surface area contributed by atoms with E-state index in [4.69, 9.17) is 0 Å². The molecule has 0 aliphatic carbocycles. The van der Waals surface area contributed by atoms with Crippen LogP contribution in [0.1, 0.15) is 38.5 Å². The summed E-state index contributed by atoms with van der Waals surface area (Å²) in [6.45, 7) is 5.29. The Morgan fingerprint density at radius 1 is 1.08 bits per heavy atom. The van der Waals surface area contributed by atoms with Crippen LogP contribution in [0, 0.1) is 0 Å². The highest BCUT2D eigenvalue weighted by atomic mass is 15.1. The van der Waals surface area contributed by atoms with E-state index in [1.807, 2.05) is 0 Å². The van der Waals surface area contributed by atoms with E-state index in [1.54, 1.807) is 0 Å². The van der Waals surface area contributed by atoms with Crippen molar-refractivity contribution < 1.29 is 0 Å². The van der Waals surface area contributed by atoms with E-state index in [2.05, 4.69) is 10.2 Å². The maximum atomic E-state index is 3.62. The molecule has 0 spiro atoms. The predicted molar refractivity (Wildman–Crippen MR) is 55.9 cm³/mol. The molecule has 2 heteroatoms. The van der Waals surface area contributed by atoms with E-state index < -0.39 is 0 Å². The maximum absolute atomic E-state index is 3.62. The number of rotatable bonds is 3. The average molecular weight is 182 g/mol. The van der Waals surface area contributed by atoms with E-state index in [-0.39, 0.29) is 0 Å². The third-order valence-electron chi connectivity index (χ3n) is 3.40. The van der Waals surface area contributed by atoms with Gasteiger partial charge in [-0.1, -0.05) is 6.42 Å². The minimum Gasteiger partial charge on any atom is -0.314 e.